The lowest BCUT2D eigenvalue weighted by Gasteiger charge is -2.41. The Bertz CT molecular complexity index is 1550. The highest BCUT2D eigenvalue weighted by Crippen LogP contribution is 2.36. The van der Waals surface area contributed by atoms with Crippen molar-refractivity contribution in [1.82, 2.24) is 5.32 Å². The number of hydrogen-bond acceptors (Lipinski definition) is 6. The highest BCUT2D eigenvalue weighted by molar-refractivity contribution is 7.91. The van der Waals surface area contributed by atoms with E-state index >= 15 is 0 Å². The fourth-order valence-electron chi connectivity index (χ4n) is 5.45. The molecule has 234 valence electrons. The molecule has 4 rings (SSSR count). The van der Waals surface area contributed by atoms with Crippen LogP contribution in [0.5, 0.6) is 0 Å². The second-order valence-corrected chi connectivity index (χ2v) is 13.0. The van der Waals surface area contributed by atoms with Gasteiger partial charge in [0.1, 0.15) is 0 Å². The minimum atomic E-state index is -4.38. The first-order chi connectivity index (χ1) is 21.0. The van der Waals surface area contributed by atoms with Crippen molar-refractivity contribution >= 4 is 21.4 Å². The molecule has 0 aromatic heterocycles. The van der Waals surface area contributed by atoms with Crippen LogP contribution in [0.1, 0.15) is 72.1 Å². The third kappa shape index (κ3) is 7.98. The predicted molar refractivity (Wildman–Crippen MR) is 162 cm³/mol. The summed E-state index contributed by atoms with van der Waals surface area (Å²) < 4.78 is 69.3. The Morgan fingerprint density at radius 3 is 2.25 bits per heavy atom. The largest absolute Gasteiger partial charge is 0.416 e. The van der Waals surface area contributed by atoms with E-state index in [0.717, 1.165) is 36.2 Å². The number of amides is 1. The maximum absolute atomic E-state index is 13.2. The average Bonchev–Trinajstić information content (AvgIpc) is 3.03. The molecule has 1 aliphatic heterocycles. The number of rotatable bonds is 11. The molecular weight excluding hydrogens is 591 g/mol. The Morgan fingerprint density at radius 1 is 1.02 bits per heavy atom. The van der Waals surface area contributed by atoms with Gasteiger partial charge in [-0.1, -0.05) is 31.2 Å². The van der Waals surface area contributed by atoms with E-state index in [-0.39, 0.29) is 34.9 Å². The number of piperidine rings is 1. The van der Waals surface area contributed by atoms with Crippen LogP contribution in [0.25, 0.3) is 0 Å². The number of anilines is 1. The first kappa shape index (κ1) is 33.0. The third-order valence-electron chi connectivity index (χ3n) is 8.01. The number of carbonyl (C=O) groups excluding carboxylic acids is 1. The van der Waals surface area contributed by atoms with Crippen LogP contribution in [-0.2, 0) is 20.8 Å². The Balaban J connectivity index is 1.50. The van der Waals surface area contributed by atoms with E-state index in [0.29, 0.717) is 30.9 Å². The van der Waals surface area contributed by atoms with Crippen LogP contribution >= 0.6 is 0 Å². The number of nitriles is 1. The highest BCUT2D eigenvalue weighted by Gasteiger charge is 2.32. The fraction of sp³-hybridized carbons (Fsp3) is 0.394. The first-order valence-electron chi connectivity index (χ1n) is 14.6. The van der Waals surface area contributed by atoms with Crippen LogP contribution in [-0.4, -0.2) is 45.9 Å². The van der Waals surface area contributed by atoms with E-state index in [1.165, 1.54) is 12.1 Å². The highest BCUT2D eigenvalue weighted by atomic mass is 32.2. The lowest BCUT2D eigenvalue weighted by atomic mass is 9.86. The summed E-state index contributed by atoms with van der Waals surface area (Å²) in [7, 11) is -3.37. The molecule has 44 heavy (non-hydrogen) atoms. The SMILES string of the molecule is CCOC[C@@H]1CC[C@H](c2ccc(C(F)(F)F)cc2)CN1c1ccc(C(=O)NC(CC#N)c2ccc(S(=O)(=O)CC)cc2)cc1. The van der Waals surface area contributed by atoms with Gasteiger partial charge < -0.3 is 15.0 Å². The summed E-state index contributed by atoms with van der Waals surface area (Å²) in [5.74, 6) is -0.377. The van der Waals surface area contributed by atoms with Gasteiger partial charge in [0, 0.05) is 30.3 Å². The van der Waals surface area contributed by atoms with Crippen molar-refractivity contribution in [3.05, 3.63) is 95.1 Å². The molecule has 1 aliphatic rings. The standard InChI is InChI=1S/C33H36F3N3O4S/c1-3-43-22-29-16-9-26(23-5-12-27(13-6-23)33(34,35)36)21-39(29)28-14-7-25(8-15-28)32(40)38-31(19-20-37)24-10-17-30(18-11-24)44(41,42)4-2/h5-8,10-15,17-18,26,29,31H,3-4,9,16,19,21-22H2,1-2H3,(H,38,40)/t26-,29-,31?/m0/s1. The van der Waals surface area contributed by atoms with Crippen LogP contribution in [0.4, 0.5) is 18.9 Å². The molecule has 7 nitrogen and oxygen atoms in total. The van der Waals surface area contributed by atoms with Crippen LogP contribution in [0, 0.1) is 11.3 Å². The van der Waals surface area contributed by atoms with Crippen molar-refractivity contribution in [2.75, 3.05) is 30.4 Å². The fourth-order valence-corrected chi connectivity index (χ4v) is 6.33. The summed E-state index contributed by atoms with van der Waals surface area (Å²) in [5.41, 5.74) is 2.05. The second-order valence-electron chi connectivity index (χ2n) is 10.8. The molecule has 1 unspecified atom stereocenters. The Labute approximate surface area is 256 Å². The molecule has 0 aliphatic carbocycles. The zero-order valence-corrected chi connectivity index (χ0v) is 25.5. The van der Waals surface area contributed by atoms with Gasteiger partial charge in [0.15, 0.2) is 9.84 Å². The molecule has 3 atom stereocenters. The predicted octanol–water partition coefficient (Wildman–Crippen LogP) is 6.67. The summed E-state index contributed by atoms with van der Waals surface area (Å²) in [6.45, 7) is 5.14. The van der Waals surface area contributed by atoms with Crippen LogP contribution in [0.3, 0.4) is 0 Å². The number of ether oxygens (including phenoxy) is 1. The van der Waals surface area contributed by atoms with E-state index < -0.39 is 27.6 Å². The Kier molecular flexibility index (Phi) is 10.7. The molecule has 1 saturated heterocycles. The van der Waals surface area contributed by atoms with Crippen molar-refractivity contribution < 1.29 is 31.1 Å². The number of alkyl halides is 3. The average molecular weight is 628 g/mol. The van der Waals surface area contributed by atoms with Crippen LogP contribution in [0.2, 0.25) is 0 Å². The van der Waals surface area contributed by atoms with Gasteiger partial charge in [-0.25, -0.2) is 8.42 Å². The van der Waals surface area contributed by atoms with Gasteiger partial charge in [0.05, 0.1) is 47.4 Å². The smallest absolute Gasteiger partial charge is 0.380 e. The zero-order chi connectivity index (χ0) is 31.9. The molecule has 11 heteroatoms. The number of carbonyl (C=O) groups is 1. The third-order valence-corrected chi connectivity index (χ3v) is 9.76. The van der Waals surface area contributed by atoms with E-state index in [2.05, 4.69) is 16.3 Å². The van der Waals surface area contributed by atoms with Crippen molar-refractivity contribution in [3.63, 3.8) is 0 Å². The maximum atomic E-state index is 13.2. The van der Waals surface area contributed by atoms with Crippen LogP contribution < -0.4 is 10.2 Å². The summed E-state index contributed by atoms with van der Waals surface area (Å²) in [5, 5.41) is 12.2. The lowest BCUT2D eigenvalue weighted by molar-refractivity contribution is -0.137. The van der Waals surface area contributed by atoms with E-state index in [1.807, 2.05) is 19.1 Å². The van der Waals surface area contributed by atoms with Crippen molar-refractivity contribution in [1.29, 1.82) is 5.26 Å². The van der Waals surface area contributed by atoms with E-state index in [9.17, 15) is 31.6 Å². The molecule has 1 fully saturated rings. The van der Waals surface area contributed by atoms with Crippen molar-refractivity contribution in [2.45, 2.75) is 62.2 Å². The minimum Gasteiger partial charge on any atom is -0.380 e. The number of hydrogen-bond donors (Lipinski definition) is 1. The molecule has 0 radical (unpaired) electrons. The van der Waals surface area contributed by atoms with Gasteiger partial charge in [-0.15, -0.1) is 0 Å². The van der Waals surface area contributed by atoms with E-state index in [1.54, 1.807) is 43.3 Å². The minimum absolute atomic E-state index is 0.00191. The van der Waals surface area contributed by atoms with Crippen LogP contribution in [0.15, 0.2) is 77.7 Å². The summed E-state index contributed by atoms with van der Waals surface area (Å²) in [6, 6.07) is 20.1. The van der Waals surface area contributed by atoms with Crippen molar-refractivity contribution in [2.24, 2.45) is 0 Å². The first-order valence-corrected chi connectivity index (χ1v) is 16.2. The topological polar surface area (TPSA) is 99.5 Å². The number of benzene rings is 3. The number of nitrogens with one attached hydrogen (secondary N) is 1. The quantitative estimate of drug-likeness (QED) is 0.255. The van der Waals surface area contributed by atoms with Crippen molar-refractivity contribution in [3.8, 4) is 6.07 Å². The lowest BCUT2D eigenvalue weighted by Crippen LogP contribution is -2.45. The second kappa shape index (κ2) is 14.3. The molecule has 3 aromatic rings. The maximum Gasteiger partial charge on any atom is 0.416 e. The summed E-state index contributed by atoms with van der Waals surface area (Å²) in [6.07, 6.45) is -2.78. The molecular formula is C33H36F3N3O4S. The van der Waals surface area contributed by atoms with Gasteiger partial charge in [-0.3, -0.25) is 4.79 Å². The normalized spacial score (nSPS) is 18.0. The molecule has 3 aromatic carbocycles. The summed E-state index contributed by atoms with van der Waals surface area (Å²) >= 11 is 0. The number of nitrogens with zero attached hydrogens (tertiary/aromatic N) is 2. The summed E-state index contributed by atoms with van der Waals surface area (Å²) in [4.78, 5) is 15.5. The Hall–Kier alpha value is -3.88. The van der Waals surface area contributed by atoms with Gasteiger partial charge >= 0.3 is 6.18 Å². The van der Waals surface area contributed by atoms with Gasteiger partial charge in [-0.2, -0.15) is 18.4 Å². The number of halogens is 3. The number of sulfone groups is 1. The molecule has 1 N–H and O–H groups in total. The van der Waals surface area contributed by atoms with Gasteiger partial charge in [0.25, 0.3) is 5.91 Å². The zero-order valence-electron chi connectivity index (χ0n) is 24.7. The van der Waals surface area contributed by atoms with Gasteiger partial charge in [-0.05, 0) is 79.4 Å². The Morgan fingerprint density at radius 2 is 1.68 bits per heavy atom. The molecule has 0 bridgehead atoms. The molecule has 1 amide bonds. The molecule has 0 spiro atoms. The molecule has 0 saturated carbocycles. The van der Waals surface area contributed by atoms with Gasteiger partial charge in [0.2, 0.25) is 0 Å². The van der Waals surface area contributed by atoms with E-state index in [4.69, 9.17) is 4.74 Å². The molecule has 1 heterocycles. The monoisotopic (exact) mass is 627 g/mol.